The molecular formula is C18H22N4OS3. The monoisotopic (exact) mass is 406 g/mol. The summed E-state index contributed by atoms with van der Waals surface area (Å²) in [4.78, 5) is 13.5. The molecular weight excluding hydrogens is 384 g/mol. The van der Waals surface area contributed by atoms with Crippen molar-refractivity contribution in [3.05, 3.63) is 35.4 Å². The molecule has 138 valence electrons. The van der Waals surface area contributed by atoms with E-state index < -0.39 is 0 Å². The summed E-state index contributed by atoms with van der Waals surface area (Å²) in [5.41, 5.74) is 2.61. The van der Waals surface area contributed by atoms with Crippen molar-refractivity contribution in [3.63, 3.8) is 0 Å². The molecule has 0 atom stereocenters. The van der Waals surface area contributed by atoms with Crippen LogP contribution in [0.2, 0.25) is 0 Å². The van der Waals surface area contributed by atoms with Gasteiger partial charge in [-0.05, 0) is 17.0 Å². The van der Waals surface area contributed by atoms with Crippen LogP contribution in [0.1, 0.15) is 37.3 Å². The molecule has 1 heterocycles. The van der Waals surface area contributed by atoms with Crippen LogP contribution in [0.3, 0.4) is 0 Å². The summed E-state index contributed by atoms with van der Waals surface area (Å²) in [5, 5.41) is 16.9. The van der Waals surface area contributed by atoms with E-state index >= 15 is 0 Å². The molecule has 0 unspecified atom stereocenters. The predicted molar refractivity (Wildman–Crippen MR) is 109 cm³/mol. The van der Waals surface area contributed by atoms with E-state index in [9.17, 15) is 4.79 Å². The molecule has 0 saturated carbocycles. The van der Waals surface area contributed by atoms with Crippen LogP contribution < -0.4 is 0 Å². The lowest BCUT2D eigenvalue weighted by atomic mass is 10.0. The van der Waals surface area contributed by atoms with Crippen molar-refractivity contribution in [2.75, 3.05) is 19.3 Å². The Kier molecular flexibility index (Phi) is 8.42. The first kappa shape index (κ1) is 20.7. The SMILES string of the molecule is CC(C)c1ccc(CSc2nnc(SCC(=O)N(C)CCC#N)s2)cc1. The quantitative estimate of drug-likeness (QED) is 0.574. The molecule has 0 spiro atoms. The summed E-state index contributed by atoms with van der Waals surface area (Å²) < 4.78 is 1.70. The van der Waals surface area contributed by atoms with E-state index in [2.05, 4.69) is 48.3 Å². The molecule has 0 fully saturated rings. The maximum Gasteiger partial charge on any atom is 0.232 e. The second kappa shape index (κ2) is 10.6. The highest BCUT2D eigenvalue weighted by molar-refractivity contribution is 8.03. The molecule has 0 bridgehead atoms. The van der Waals surface area contributed by atoms with E-state index in [1.165, 1.54) is 34.2 Å². The third-order valence-electron chi connectivity index (χ3n) is 3.70. The van der Waals surface area contributed by atoms with E-state index in [0.29, 0.717) is 24.6 Å². The molecule has 1 aromatic heterocycles. The van der Waals surface area contributed by atoms with Crippen molar-refractivity contribution >= 4 is 40.8 Å². The average molecular weight is 407 g/mol. The van der Waals surface area contributed by atoms with Gasteiger partial charge in [0.15, 0.2) is 8.68 Å². The lowest BCUT2D eigenvalue weighted by Gasteiger charge is -2.14. The van der Waals surface area contributed by atoms with Crippen LogP contribution in [-0.2, 0) is 10.5 Å². The van der Waals surface area contributed by atoms with Crippen molar-refractivity contribution in [3.8, 4) is 6.07 Å². The van der Waals surface area contributed by atoms with E-state index in [1.807, 2.05) is 6.07 Å². The number of nitrogens with zero attached hydrogens (tertiary/aromatic N) is 4. The van der Waals surface area contributed by atoms with Gasteiger partial charge in [-0.25, -0.2) is 0 Å². The molecule has 8 heteroatoms. The Morgan fingerprint density at radius 1 is 1.23 bits per heavy atom. The number of aromatic nitrogens is 2. The molecule has 0 N–H and O–H groups in total. The van der Waals surface area contributed by atoms with Gasteiger partial charge < -0.3 is 4.90 Å². The van der Waals surface area contributed by atoms with Crippen LogP contribution >= 0.6 is 34.9 Å². The standard InChI is InChI=1S/C18H22N4OS3/c1-13(2)15-7-5-14(6-8-15)11-24-17-20-21-18(26-17)25-12-16(23)22(3)10-4-9-19/h5-8,13H,4,10-12H2,1-3H3. The van der Waals surface area contributed by atoms with Gasteiger partial charge in [-0.2, -0.15) is 5.26 Å². The zero-order valence-corrected chi connectivity index (χ0v) is 17.6. The molecule has 0 aliphatic heterocycles. The number of hydrogen-bond donors (Lipinski definition) is 0. The topological polar surface area (TPSA) is 69.9 Å². The van der Waals surface area contributed by atoms with Crippen molar-refractivity contribution in [1.82, 2.24) is 15.1 Å². The lowest BCUT2D eigenvalue weighted by molar-refractivity contribution is -0.127. The van der Waals surface area contributed by atoms with Gasteiger partial charge in [-0.3, -0.25) is 4.79 Å². The van der Waals surface area contributed by atoms with E-state index in [4.69, 9.17) is 5.26 Å². The summed E-state index contributed by atoms with van der Waals surface area (Å²) in [6.45, 7) is 4.84. The summed E-state index contributed by atoms with van der Waals surface area (Å²) in [5.74, 6) is 1.71. The molecule has 1 amide bonds. The summed E-state index contributed by atoms with van der Waals surface area (Å²) >= 11 is 4.57. The van der Waals surface area contributed by atoms with Gasteiger partial charge in [0.1, 0.15) is 0 Å². The second-order valence-corrected chi connectivity index (χ2v) is 9.45. The largest absolute Gasteiger partial charge is 0.344 e. The van der Waals surface area contributed by atoms with Gasteiger partial charge >= 0.3 is 0 Å². The first-order chi connectivity index (χ1) is 12.5. The number of hydrogen-bond acceptors (Lipinski definition) is 7. The number of amides is 1. The van der Waals surface area contributed by atoms with Crippen LogP contribution in [-0.4, -0.2) is 40.3 Å². The van der Waals surface area contributed by atoms with E-state index in [0.717, 1.165) is 14.4 Å². The highest BCUT2D eigenvalue weighted by Gasteiger charge is 2.12. The van der Waals surface area contributed by atoms with Gasteiger partial charge in [-0.15, -0.1) is 10.2 Å². The second-order valence-electron chi connectivity index (χ2n) is 6.03. The highest BCUT2D eigenvalue weighted by atomic mass is 32.2. The van der Waals surface area contributed by atoms with Crippen molar-refractivity contribution < 1.29 is 4.79 Å². The van der Waals surface area contributed by atoms with Crippen LogP contribution in [0.15, 0.2) is 32.9 Å². The number of carbonyl (C=O) groups is 1. The molecule has 0 aliphatic carbocycles. The highest BCUT2D eigenvalue weighted by Crippen LogP contribution is 2.31. The Hall–Kier alpha value is -1.56. The average Bonchev–Trinajstić information content (AvgIpc) is 3.10. The first-order valence-electron chi connectivity index (χ1n) is 8.28. The third kappa shape index (κ3) is 6.63. The van der Waals surface area contributed by atoms with Crippen LogP contribution in [0.4, 0.5) is 0 Å². The maximum atomic E-state index is 12.0. The zero-order chi connectivity index (χ0) is 18.9. The molecule has 0 aliphatic rings. The molecule has 5 nitrogen and oxygen atoms in total. The number of carbonyl (C=O) groups excluding carboxylic acids is 1. The molecule has 26 heavy (non-hydrogen) atoms. The first-order valence-corrected chi connectivity index (χ1v) is 11.1. The molecule has 2 aromatic rings. The fourth-order valence-corrected chi connectivity index (χ4v) is 4.95. The van der Waals surface area contributed by atoms with Crippen molar-refractivity contribution in [2.24, 2.45) is 0 Å². The minimum atomic E-state index is -0.0000969. The maximum absolute atomic E-state index is 12.0. The Labute approximate surface area is 167 Å². The Bertz CT molecular complexity index is 753. The molecule has 1 aromatic carbocycles. The Morgan fingerprint density at radius 3 is 2.50 bits per heavy atom. The smallest absolute Gasteiger partial charge is 0.232 e. The van der Waals surface area contributed by atoms with E-state index in [1.54, 1.807) is 23.7 Å². The number of benzene rings is 1. The molecule has 0 saturated heterocycles. The number of rotatable bonds is 9. The van der Waals surface area contributed by atoms with Crippen LogP contribution in [0, 0.1) is 11.3 Å². The predicted octanol–water partition coefficient (Wildman–Crippen LogP) is 4.42. The van der Waals surface area contributed by atoms with Crippen molar-refractivity contribution in [1.29, 1.82) is 5.26 Å². The zero-order valence-electron chi connectivity index (χ0n) is 15.1. The normalized spacial score (nSPS) is 10.7. The minimum absolute atomic E-state index is 0.0000969. The third-order valence-corrected chi connectivity index (χ3v) is 6.95. The van der Waals surface area contributed by atoms with Gasteiger partial charge in [0.25, 0.3) is 0 Å². The number of nitriles is 1. The van der Waals surface area contributed by atoms with E-state index in [-0.39, 0.29) is 5.91 Å². The van der Waals surface area contributed by atoms with Gasteiger partial charge in [-0.1, -0.05) is 73.0 Å². The fourth-order valence-electron chi connectivity index (χ4n) is 2.03. The lowest BCUT2D eigenvalue weighted by Crippen LogP contribution is -2.29. The van der Waals surface area contributed by atoms with Gasteiger partial charge in [0, 0.05) is 19.3 Å². The minimum Gasteiger partial charge on any atom is -0.344 e. The summed E-state index contributed by atoms with van der Waals surface area (Å²) in [7, 11) is 1.71. The molecule has 2 rings (SSSR count). The summed E-state index contributed by atoms with van der Waals surface area (Å²) in [6, 6.07) is 10.7. The Morgan fingerprint density at radius 2 is 1.88 bits per heavy atom. The van der Waals surface area contributed by atoms with Gasteiger partial charge in [0.05, 0.1) is 18.2 Å². The summed E-state index contributed by atoms with van der Waals surface area (Å²) in [6.07, 6.45) is 0.352. The van der Waals surface area contributed by atoms with Crippen molar-refractivity contribution in [2.45, 2.75) is 40.6 Å². The number of thioether (sulfide) groups is 2. The van der Waals surface area contributed by atoms with Crippen LogP contribution in [0.25, 0.3) is 0 Å². The molecule has 0 radical (unpaired) electrons. The Balaban J connectivity index is 1.78. The van der Waals surface area contributed by atoms with Gasteiger partial charge in [0.2, 0.25) is 5.91 Å². The fraction of sp³-hybridized carbons (Fsp3) is 0.444. The van der Waals surface area contributed by atoms with Crippen LogP contribution in [0.5, 0.6) is 0 Å².